The molecule has 3 N–H and O–H groups in total. The first-order valence-electron chi connectivity index (χ1n) is 7.03. The SMILES string of the molecule is CC(C)C(N)CCN(C)C(=O)c1cc(F)cc2[nH]cnc12. The van der Waals surface area contributed by atoms with Gasteiger partial charge in [-0.05, 0) is 24.5 Å². The third kappa shape index (κ3) is 3.39. The van der Waals surface area contributed by atoms with Crippen LogP contribution in [0.1, 0.15) is 30.6 Å². The lowest BCUT2D eigenvalue weighted by Crippen LogP contribution is -2.34. The average molecular weight is 292 g/mol. The van der Waals surface area contributed by atoms with Gasteiger partial charge < -0.3 is 15.6 Å². The number of carbonyl (C=O) groups is 1. The summed E-state index contributed by atoms with van der Waals surface area (Å²) in [4.78, 5) is 20.9. The van der Waals surface area contributed by atoms with E-state index in [9.17, 15) is 9.18 Å². The number of rotatable bonds is 5. The highest BCUT2D eigenvalue weighted by Crippen LogP contribution is 2.19. The lowest BCUT2D eigenvalue weighted by molar-refractivity contribution is 0.0790. The fraction of sp³-hybridized carbons (Fsp3) is 0.467. The molecule has 1 unspecified atom stereocenters. The predicted octanol–water partition coefficient (Wildman–Crippen LogP) is 2.15. The highest BCUT2D eigenvalue weighted by molar-refractivity contribution is 6.04. The number of carbonyl (C=O) groups excluding carboxylic acids is 1. The zero-order valence-electron chi connectivity index (χ0n) is 12.6. The van der Waals surface area contributed by atoms with E-state index in [1.54, 1.807) is 11.9 Å². The molecule has 0 aliphatic heterocycles. The van der Waals surface area contributed by atoms with E-state index < -0.39 is 5.82 Å². The summed E-state index contributed by atoms with van der Waals surface area (Å²) < 4.78 is 13.6. The predicted molar refractivity (Wildman–Crippen MR) is 80.4 cm³/mol. The first kappa shape index (κ1) is 15.4. The molecule has 6 heteroatoms. The van der Waals surface area contributed by atoms with Crippen LogP contribution in [-0.4, -0.2) is 40.4 Å². The quantitative estimate of drug-likeness (QED) is 0.886. The summed E-state index contributed by atoms with van der Waals surface area (Å²) in [5, 5.41) is 0. The Balaban J connectivity index is 2.16. The van der Waals surface area contributed by atoms with Crippen molar-refractivity contribution in [2.75, 3.05) is 13.6 Å². The van der Waals surface area contributed by atoms with E-state index in [4.69, 9.17) is 5.73 Å². The number of fused-ring (bicyclic) bond motifs is 1. The van der Waals surface area contributed by atoms with E-state index >= 15 is 0 Å². The van der Waals surface area contributed by atoms with Gasteiger partial charge in [0.05, 0.1) is 17.4 Å². The Hall–Kier alpha value is -1.95. The molecule has 0 radical (unpaired) electrons. The number of nitrogens with zero attached hydrogens (tertiary/aromatic N) is 2. The highest BCUT2D eigenvalue weighted by atomic mass is 19.1. The number of halogens is 1. The summed E-state index contributed by atoms with van der Waals surface area (Å²) in [5.41, 5.74) is 7.26. The lowest BCUT2D eigenvalue weighted by atomic mass is 10.0. The molecule has 0 saturated heterocycles. The van der Waals surface area contributed by atoms with Gasteiger partial charge in [-0.3, -0.25) is 4.79 Å². The number of nitrogens with two attached hydrogens (primary N) is 1. The second kappa shape index (κ2) is 6.22. The Kier molecular flexibility index (Phi) is 4.57. The van der Waals surface area contributed by atoms with Gasteiger partial charge in [-0.25, -0.2) is 9.37 Å². The number of imidazole rings is 1. The topological polar surface area (TPSA) is 75.0 Å². The average Bonchev–Trinajstić information content (AvgIpc) is 2.90. The Morgan fingerprint density at radius 1 is 1.48 bits per heavy atom. The van der Waals surface area contributed by atoms with Crippen LogP contribution in [0.5, 0.6) is 0 Å². The van der Waals surface area contributed by atoms with Crippen molar-refractivity contribution in [3.8, 4) is 0 Å². The Morgan fingerprint density at radius 3 is 2.86 bits per heavy atom. The molecule has 2 rings (SSSR count). The summed E-state index contributed by atoms with van der Waals surface area (Å²) in [6, 6.07) is 2.59. The van der Waals surface area contributed by atoms with Gasteiger partial charge in [0.15, 0.2) is 0 Å². The number of H-pyrrole nitrogens is 1. The molecule has 0 saturated carbocycles. The maximum atomic E-state index is 13.6. The molecular formula is C15H21FN4O. The van der Waals surface area contributed by atoms with Gasteiger partial charge in [0.2, 0.25) is 0 Å². The van der Waals surface area contributed by atoms with Crippen LogP contribution in [0.25, 0.3) is 11.0 Å². The maximum Gasteiger partial charge on any atom is 0.255 e. The van der Waals surface area contributed by atoms with Crippen molar-refractivity contribution < 1.29 is 9.18 Å². The van der Waals surface area contributed by atoms with Crippen molar-refractivity contribution in [3.05, 3.63) is 29.8 Å². The summed E-state index contributed by atoms with van der Waals surface area (Å²) >= 11 is 0. The van der Waals surface area contributed by atoms with Gasteiger partial charge in [-0.2, -0.15) is 0 Å². The van der Waals surface area contributed by atoms with Crippen molar-refractivity contribution in [1.29, 1.82) is 0 Å². The van der Waals surface area contributed by atoms with Crippen LogP contribution in [0.15, 0.2) is 18.5 Å². The fourth-order valence-corrected chi connectivity index (χ4v) is 2.16. The number of hydrogen-bond donors (Lipinski definition) is 2. The molecule has 0 aliphatic rings. The molecule has 0 fully saturated rings. The van der Waals surface area contributed by atoms with Crippen LogP contribution in [0.2, 0.25) is 0 Å². The number of hydrogen-bond acceptors (Lipinski definition) is 3. The Morgan fingerprint density at radius 2 is 2.19 bits per heavy atom. The number of aromatic nitrogens is 2. The van der Waals surface area contributed by atoms with Gasteiger partial charge in [-0.15, -0.1) is 0 Å². The van der Waals surface area contributed by atoms with Crippen LogP contribution in [0.4, 0.5) is 4.39 Å². The summed E-state index contributed by atoms with van der Waals surface area (Å²) in [7, 11) is 1.69. The second-order valence-electron chi connectivity index (χ2n) is 5.68. The normalized spacial score (nSPS) is 12.9. The van der Waals surface area contributed by atoms with Crippen molar-refractivity contribution in [1.82, 2.24) is 14.9 Å². The third-order valence-corrected chi connectivity index (χ3v) is 3.72. The van der Waals surface area contributed by atoms with Crippen molar-refractivity contribution in [2.24, 2.45) is 11.7 Å². The molecule has 1 amide bonds. The largest absolute Gasteiger partial charge is 0.344 e. The first-order valence-corrected chi connectivity index (χ1v) is 7.03. The smallest absolute Gasteiger partial charge is 0.255 e. The van der Waals surface area contributed by atoms with Crippen LogP contribution in [0.3, 0.4) is 0 Å². The van der Waals surface area contributed by atoms with E-state index in [-0.39, 0.29) is 17.5 Å². The minimum atomic E-state index is -0.456. The minimum Gasteiger partial charge on any atom is -0.344 e. The summed E-state index contributed by atoms with van der Waals surface area (Å²) in [6.45, 7) is 4.62. The van der Waals surface area contributed by atoms with Gasteiger partial charge >= 0.3 is 0 Å². The fourth-order valence-electron chi connectivity index (χ4n) is 2.16. The number of aromatic amines is 1. The van der Waals surface area contributed by atoms with E-state index in [0.29, 0.717) is 29.9 Å². The van der Waals surface area contributed by atoms with Gasteiger partial charge in [0.1, 0.15) is 11.3 Å². The van der Waals surface area contributed by atoms with E-state index in [0.717, 1.165) is 0 Å². The summed E-state index contributed by atoms with van der Waals surface area (Å²) in [6.07, 6.45) is 2.16. The standard InChI is InChI=1S/C15H21FN4O/c1-9(2)12(17)4-5-20(3)15(21)11-6-10(16)7-13-14(11)19-8-18-13/h6-9,12H,4-5,17H2,1-3H3,(H,18,19). The molecular weight excluding hydrogens is 271 g/mol. The minimum absolute atomic E-state index is 0.0400. The monoisotopic (exact) mass is 292 g/mol. The van der Waals surface area contributed by atoms with E-state index in [1.807, 2.05) is 13.8 Å². The zero-order chi connectivity index (χ0) is 15.6. The maximum absolute atomic E-state index is 13.6. The first-order chi connectivity index (χ1) is 9.90. The van der Waals surface area contributed by atoms with Crippen molar-refractivity contribution in [2.45, 2.75) is 26.3 Å². The van der Waals surface area contributed by atoms with Crippen LogP contribution in [-0.2, 0) is 0 Å². The number of benzene rings is 1. The van der Waals surface area contributed by atoms with Crippen LogP contribution in [0, 0.1) is 11.7 Å². The van der Waals surface area contributed by atoms with Crippen molar-refractivity contribution >= 4 is 16.9 Å². The molecule has 1 atom stereocenters. The van der Waals surface area contributed by atoms with E-state index in [1.165, 1.54) is 18.5 Å². The van der Waals surface area contributed by atoms with Crippen LogP contribution >= 0.6 is 0 Å². The zero-order valence-corrected chi connectivity index (χ0v) is 12.6. The second-order valence-corrected chi connectivity index (χ2v) is 5.68. The number of nitrogens with one attached hydrogen (secondary N) is 1. The van der Waals surface area contributed by atoms with Gasteiger partial charge in [-0.1, -0.05) is 13.8 Å². The highest BCUT2D eigenvalue weighted by Gasteiger charge is 2.19. The lowest BCUT2D eigenvalue weighted by Gasteiger charge is -2.21. The molecule has 21 heavy (non-hydrogen) atoms. The molecule has 1 aromatic carbocycles. The van der Waals surface area contributed by atoms with Gasteiger partial charge in [0, 0.05) is 19.6 Å². The molecule has 0 bridgehead atoms. The molecule has 0 spiro atoms. The summed E-state index contributed by atoms with van der Waals surface area (Å²) in [5.74, 6) is -0.342. The van der Waals surface area contributed by atoms with Crippen molar-refractivity contribution in [3.63, 3.8) is 0 Å². The molecule has 1 aromatic heterocycles. The van der Waals surface area contributed by atoms with Gasteiger partial charge in [0.25, 0.3) is 5.91 Å². The third-order valence-electron chi connectivity index (χ3n) is 3.72. The Bertz CT molecular complexity index is 638. The Labute approximate surface area is 123 Å². The van der Waals surface area contributed by atoms with Crippen LogP contribution < -0.4 is 5.73 Å². The molecule has 5 nitrogen and oxygen atoms in total. The molecule has 0 aliphatic carbocycles. The molecule has 1 heterocycles. The number of amides is 1. The molecule has 2 aromatic rings. The molecule has 114 valence electrons. The van der Waals surface area contributed by atoms with E-state index in [2.05, 4.69) is 9.97 Å².